The maximum absolute atomic E-state index is 11.4. The fraction of sp³-hybridized carbons (Fsp3) is 0.500. The molecule has 2 aliphatic heterocycles. The minimum absolute atomic E-state index is 0.00986. The first-order valence-electron chi connectivity index (χ1n) is 7.07. The second-order valence-electron chi connectivity index (χ2n) is 5.54. The van der Waals surface area contributed by atoms with Crippen LogP contribution in [0.1, 0.15) is 23.2 Å². The normalized spacial score (nSPS) is 22.1. The van der Waals surface area contributed by atoms with Gasteiger partial charge in [-0.1, -0.05) is 0 Å². The van der Waals surface area contributed by atoms with Crippen LogP contribution in [0.15, 0.2) is 18.2 Å². The molecule has 3 rings (SSSR count). The van der Waals surface area contributed by atoms with E-state index in [0.717, 1.165) is 38.7 Å². The van der Waals surface area contributed by atoms with Gasteiger partial charge in [0, 0.05) is 37.8 Å². The molecule has 0 radical (unpaired) electrons. The van der Waals surface area contributed by atoms with Crippen molar-refractivity contribution in [2.24, 2.45) is 0 Å². The Kier molecular flexibility index (Phi) is 3.50. The predicted molar refractivity (Wildman–Crippen MR) is 76.9 cm³/mol. The average molecular weight is 291 g/mol. The highest BCUT2D eigenvalue weighted by molar-refractivity contribution is 5.95. The van der Waals surface area contributed by atoms with E-state index in [1.807, 2.05) is 4.90 Å². The van der Waals surface area contributed by atoms with E-state index < -0.39 is 10.9 Å². The molecule has 0 spiro atoms. The van der Waals surface area contributed by atoms with Crippen molar-refractivity contribution < 1.29 is 14.8 Å². The topological polar surface area (TPSA) is 86.9 Å². The number of non-ortho nitro benzene ring substituents is 1. The summed E-state index contributed by atoms with van der Waals surface area (Å²) in [5.41, 5.74) is 0.408. The fourth-order valence-corrected chi connectivity index (χ4v) is 3.29. The summed E-state index contributed by atoms with van der Waals surface area (Å²) in [6.45, 7) is 3.58. The van der Waals surface area contributed by atoms with Crippen molar-refractivity contribution >= 4 is 17.3 Å². The highest BCUT2D eigenvalue weighted by Crippen LogP contribution is 2.30. The molecule has 7 heteroatoms. The number of nitro benzene ring substituents is 1. The third-order valence-electron chi connectivity index (χ3n) is 4.35. The lowest BCUT2D eigenvalue weighted by molar-refractivity contribution is -0.384. The van der Waals surface area contributed by atoms with Crippen LogP contribution in [-0.2, 0) is 0 Å². The number of piperazine rings is 1. The van der Waals surface area contributed by atoms with Gasteiger partial charge in [0.05, 0.1) is 16.2 Å². The Bertz CT molecular complexity index is 590. The molecule has 0 aliphatic carbocycles. The predicted octanol–water partition coefficient (Wildman–Crippen LogP) is 1.58. The van der Waals surface area contributed by atoms with Gasteiger partial charge in [0.25, 0.3) is 5.69 Å². The quantitative estimate of drug-likeness (QED) is 0.672. The van der Waals surface area contributed by atoms with Gasteiger partial charge in [0.2, 0.25) is 0 Å². The van der Waals surface area contributed by atoms with Crippen LogP contribution >= 0.6 is 0 Å². The number of nitrogens with zero attached hydrogens (tertiary/aromatic N) is 3. The molecule has 2 saturated heterocycles. The molecule has 0 aromatic heterocycles. The smallest absolute Gasteiger partial charge is 0.338 e. The van der Waals surface area contributed by atoms with E-state index in [4.69, 9.17) is 0 Å². The standard InChI is InChI=1S/C14H17N3O4/c18-14(19)12-8-10(17(20)21)3-4-13(12)16-7-6-15-5-1-2-11(15)9-16/h3-4,8,11H,1-2,5-7,9H2,(H,18,19). The van der Waals surface area contributed by atoms with Crippen LogP contribution < -0.4 is 4.90 Å². The van der Waals surface area contributed by atoms with E-state index in [9.17, 15) is 20.0 Å². The van der Waals surface area contributed by atoms with Crippen molar-refractivity contribution in [3.63, 3.8) is 0 Å². The number of carboxylic acids is 1. The number of benzene rings is 1. The van der Waals surface area contributed by atoms with E-state index in [-0.39, 0.29) is 11.3 Å². The summed E-state index contributed by atoms with van der Waals surface area (Å²) in [5.74, 6) is -1.12. The molecule has 0 saturated carbocycles. The molecule has 0 amide bonds. The summed E-state index contributed by atoms with van der Waals surface area (Å²) in [7, 11) is 0. The number of hydrogen-bond acceptors (Lipinski definition) is 5. The Balaban J connectivity index is 1.90. The SMILES string of the molecule is O=C(O)c1cc([N+](=O)[O-])ccc1N1CCN2CCCC2C1. The van der Waals surface area contributed by atoms with Gasteiger partial charge in [-0.2, -0.15) is 0 Å². The number of carboxylic acid groups (broad SMARTS) is 1. The molecule has 112 valence electrons. The van der Waals surface area contributed by atoms with Gasteiger partial charge in [0.1, 0.15) is 0 Å². The first-order chi connectivity index (χ1) is 10.1. The van der Waals surface area contributed by atoms with Crippen LogP contribution in [0.3, 0.4) is 0 Å². The van der Waals surface area contributed by atoms with Crippen LogP contribution in [0.25, 0.3) is 0 Å². The zero-order valence-electron chi connectivity index (χ0n) is 11.6. The van der Waals surface area contributed by atoms with E-state index in [2.05, 4.69) is 4.90 Å². The largest absolute Gasteiger partial charge is 0.478 e. The summed E-state index contributed by atoms with van der Waals surface area (Å²) >= 11 is 0. The van der Waals surface area contributed by atoms with Gasteiger partial charge >= 0.3 is 5.97 Å². The van der Waals surface area contributed by atoms with Gasteiger partial charge in [-0.15, -0.1) is 0 Å². The third-order valence-corrected chi connectivity index (χ3v) is 4.35. The van der Waals surface area contributed by atoms with Gasteiger partial charge < -0.3 is 10.0 Å². The maximum atomic E-state index is 11.4. The Labute approximate surface area is 121 Å². The molecular formula is C14H17N3O4. The van der Waals surface area contributed by atoms with E-state index in [1.165, 1.54) is 12.5 Å². The second-order valence-corrected chi connectivity index (χ2v) is 5.54. The number of aromatic carboxylic acids is 1. The molecule has 1 unspecified atom stereocenters. The third kappa shape index (κ3) is 2.56. The van der Waals surface area contributed by atoms with Crippen molar-refractivity contribution in [1.29, 1.82) is 0 Å². The molecule has 1 aromatic carbocycles. The lowest BCUT2D eigenvalue weighted by Crippen LogP contribution is -2.50. The van der Waals surface area contributed by atoms with Crippen LogP contribution in [0.4, 0.5) is 11.4 Å². The van der Waals surface area contributed by atoms with Crippen molar-refractivity contribution in [2.45, 2.75) is 18.9 Å². The lowest BCUT2D eigenvalue weighted by atomic mass is 10.1. The monoisotopic (exact) mass is 291 g/mol. The minimum atomic E-state index is -1.12. The summed E-state index contributed by atoms with van der Waals surface area (Å²) < 4.78 is 0. The van der Waals surface area contributed by atoms with Gasteiger partial charge in [0.15, 0.2) is 0 Å². The van der Waals surface area contributed by atoms with E-state index in [0.29, 0.717) is 11.7 Å². The Morgan fingerprint density at radius 2 is 2.14 bits per heavy atom. The maximum Gasteiger partial charge on any atom is 0.338 e. The van der Waals surface area contributed by atoms with Crippen LogP contribution in [-0.4, -0.2) is 53.1 Å². The fourth-order valence-electron chi connectivity index (χ4n) is 3.29. The Morgan fingerprint density at radius 3 is 2.86 bits per heavy atom. The molecule has 2 aliphatic rings. The molecule has 1 aromatic rings. The zero-order valence-corrected chi connectivity index (χ0v) is 11.6. The molecule has 0 bridgehead atoms. The van der Waals surface area contributed by atoms with Crippen LogP contribution in [0.2, 0.25) is 0 Å². The zero-order chi connectivity index (χ0) is 15.0. The number of rotatable bonds is 3. The molecule has 21 heavy (non-hydrogen) atoms. The minimum Gasteiger partial charge on any atom is -0.478 e. The first kappa shape index (κ1) is 13.8. The van der Waals surface area contributed by atoms with Gasteiger partial charge in [-0.05, 0) is 25.5 Å². The highest BCUT2D eigenvalue weighted by Gasteiger charge is 2.32. The number of anilines is 1. The van der Waals surface area contributed by atoms with Crippen molar-refractivity contribution in [3.05, 3.63) is 33.9 Å². The number of carbonyl (C=O) groups is 1. The van der Waals surface area contributed by atoms with Crippen LogP contribution in [0, 0.1) is 10.1 Å². The molecule has 1 atom stereocenters. The average Bonchev–Trinajstić information content (AvgIpc) is 2.93. The molecule has 2 heterocycles. The van der Waals surface area contributed by atoms with Gasteiger partial charge in [-0.25, -0.2) is 4.79 Å². The lowest BCUT2D eigenvalue weighted by Gasteiger charge is -2.39. The second kappa shape index (κ2) is 5.33. The van der Waals surface area contributed by atoms with Crippen molar-refractivity contribution in [3.8, 4) is 0 Å². The molecule has 1 N–H and O–H groups in total. The summed E-state index contributed by atoms with van der Waals surface area (Å²) in [5, 5.41) is 20.1. The van der Waals surface area contributed by atoms with E-state index >= 15 is 0 Å². The molecule has 2 fully saturated rings. The van der Waals surface area contributed by atoms with Crippen LogP contribution in [0.5, 0.6) is 0 Å². The first-order valence-corrected chi connectivity index (χ1v) is 7.07. The molecule has 7 nitrogen and oxygen atoms in total. The van der Waals surface area contributed by atoms with Crippen molar-refractivity contribution in [2.75, 3.05) is 31.1 Å². The Morgan fingerprint density at radius 1 is 1.33 bits per heavy atom. The van der Waals surface area contributed by atoms with E-state index in [1.54, 1.807) is 6.07 Å². The number of fused-ring (bicyclic) bond motifs is 1. The summed E-state index contributed by atoms with van der Waals surface area (Å²) in [4.78, 5) is 26.1. The highest BCUT2D eigenvalue weighted by atomic mass is 16.6. The van der Waals surface area contributed by atoms with Crippen molar-refractivity contribution in [1.82, 2.24) is 4.90 Å². The van der Waals surface area contributed by atoms with Gasteiger partial charge in [-0.3, -0.25) is 15.0 Å². The number of hydrogen-bond donors (Lipinski definition) is 1. The summed E-state index contributed by atoms with van der Waals surface area (Å²) in [6, 6.07) is 4.56. The summed E-state index contributed by atoms with van der Waals surface area (Å²) in [6.07, 6.45) is 2.32. The molecular weight excluding hydrogens is 274 g/mol. The Hall–Kier alpha value is -2.15. The number of nitro groups is 1.